The minimum atomic E-state index is 0.434. The van der Waals surface area contributed by atoms with Crippen molar-refractivity contribution in [3.8, 4) is 11.3 Å². The summed E-state index contributed by atoms with van der Waals surface area (Å²) >= 11 is 1.64. The Morgan fingerprint density at radius 1 is 1.38 bits per heavy atom. The van der Waals surface area contributed by atoms with E-state index >= 15 is 0 Å². The number of aromatic nitrogens is 2. The number of nitrogen functional groups attached to an aromatic ring is 1. The summed E-state index contributed by atoms with van der Waals surface area (Å²) in [5.74, 6) is 5.63. The molecule has 0 unspecified atom stereocenters. The van der Waals surface area contributed by atoms with Crippen LogP contribution in [0.4, 0.5) is 5.95 Å². The highest BCUT2D eigenvalue weighted by atomic mass is 32.1. The predicted molar refractivity (Wildman–Crippen MR) is 53.2 cm³/mol. The minimum absolute atomic E-state index is 0.434. The first-order valence-electron chi connectivity index (χ1n) is 3.72. The van der Waals surface area contributed by atoms with E-state index in [0.29, 0.717) is 5.95 Å². The molecule has 0 saturated heterocycles. The molecule has 0 amide bonds. The number of nitrogens with one attached hydrogen (secondary N) is 1. The third-order valence-corrected chi connectivity index (χ3v) is 2.28. The second-order valence-electron chi connectivity index (χ2n) is 2.42. The van der Waals surface area contributed by atoms with Crippen molar-refractivity contribution in [3.05, 3.63) is 29.1 Å². The lowest BCUT2D eigenvalue weighted by Crippen LogP contribution is -2.10. The van der Waals surface area contributed by atoms with Crippen LogP contribution in [0, 0.1) is 0 Å². The Hall–Kier alpha value is -1.46. The smallest absolute Gasteiger partial charge is 0.237 e. The molecule has 0 saturated carbocycles. The Morgan fingerprint density at radius 2 is 2.31 bits per heavy atom. The van der Waals surface area contributed by atoms with Crippen LogP contribution >= 0.6 is 11.3 Å². The number of hydrogen-bond donors (Lipinski definition) is 2. The van der Waals surface area contributed by atoms with Gasteiger partial charge in [0.05, 0.1) is 5.69 Å². The summed E-state index contributed by atoms with van der Waals surface area (Å²) in [6, 6.07) is 3.86. The molecule has 2 heterocycles. The van der Waals surface area contributed by atoms with Crippen molar-refractivity contribution in [1.29, 1.82) is 0 Å². The quantitative estimate of drug-likeness (QED) is 0.559. The van der Waals surface area contributed by atoms with Gasteiger partial charge in [0.2, 0.25) is 5.95 Å². The normalized spacial score (nSPS) is 9.92. The first kappa shape index (κ1) is 8.15. The number of rotatable bonds is 2. The van der Waals surface area contributed by atoms with E-state index in [9.17, 15) is 0 Å². The summed E-state index contributed by atoms with van der Waals surface area (Å²) in [5, 5.41) is 4.04. The molecule has 4 nitrogen and oxygen atoms in total. The number of hydrazine groups is 1. The summed E-state index contributed by atoms with van der Waals surface area (Å²) in [4.78, 5) is 8.12. The van der Waals surface area contributed by atoms with Gasteiger partial charge in [0, 0.05) is 17.1 Å². The highest BCUT2D eigenvalue weighted by molar-refractivity contribution is 7.08. The van der Waals surface area contributed by atoms with Crippen LogP contribution < -0.4 is 11.3 Å². The molecule has 3 N–H and O–H groups in total. The highest BCUT2D eigenvalue weighted by Gasteiger charge is 2.00. The molecule has 0 aromatic carbocycles. The van der Waals surface area contributed by atoms with Crippen molar-refractivity contribution in [2.45, 2.75) is 0 Å². The first-order chi connectivity index (χ1) is 6.40. The number of anilines is 1. The lowest BCUT2D eigenvalue weighted by molar-refractivity contribution is 1.12. The summed E-state index contributed by atoms with van der Waals surface area (Å²) in [5.41, 5.74) is 4.38. The van der Waals surface area contributed by atoms with Crippen molar-refractivity contribution in [2.24, 2.45) is 5.84 Å². The Kier molecular flexibility index (Phi) is 2.20. The van der Waals surface area contributed by atoms with Gasteiger partial charge in [-0.1, -0.05) is 0 Å². The number of nitrogens with zero attached hydrogens (tertiary/aromatic N) is 2. The van der Waals surface area contributed by atoms with Crippen LogP contribution in [0.1, 0.15) is 0 Å². The van der Waals surface area contributed by atoms with Gasteiger partial charge < -0.3 is 0 Å². The molecule has 0 fully saturated rings. The van der Waals surface area contributed by atoms with E-state index in [1.54, 1.807) is 17.5 Å². The summed E-state index contributed by atoms with van der Waals surface area (Å²) in [7, 11) is 0. The summed E-state index contributed by atoms with van der Waals surface area (Å²) < 4.78 is 0. The Balaban J connectivity index is 2.41. The van der Waals surface area contributed by atoms with Crippen molar-refractivity contribution >= 4 is 17.3 Å². The lowest BCUT2D eigenvalue weighted by Gasteiger charge is -1.99. The van der Waals surface area contributed by atoms with E-state index in [1.165, 1.54) is 0 Å². The topological polar surface area (TPSA) is 63.8 Å². The zero-order valence-corrected chi connectivity index (χ0v) is 7.58. The van der Waals surface area contributed by atoms with Gasteiger partial charge in [0.1, 0.15) is 0 Å². The Labute approximate surface area is 79.4 Å². The number of hydrogen-bond acceptors (Lipinski definition) is 5. The fraction of sp³-hybridized carbons (Fsp3) is 0. The standard InChI is InChI=1S/C8H8N4S/c9-12-8-10-3-1-7(11-8)6-2-4-13-5-6/h1-5H,9H2,(H,10,11,12). The molecule has 13 heavy (non-hydrogen) atoms. The first-order valence-corrected chi connectivity index (χ1v) is 4.66. The molecule has 0 aliphatic rings. The zero-order chi connectivity index (χ0) is 9.10. The average Bonchev–Trinajstić information content (AvgIpc) is 2.71. The van der Waals surface area contributed by atoms with Gasteiger partial charge in [-0.3, -0.25) is 5.43 Å². The van der Waals surface area contributed by atoms with Gasteiger partial charge in [-0.25, -0.2) is 15.8 Å². The van der Waals surface area contributed by atoms with E-state index < -0.39 is 0 Å². The monoisotopic (exact) mass is 192 g/mol. The van der Waals surface area contributed by atoms with Gasteiger partial charge in [-0.2, -0.15) is 11.3 Å². The van der Waals surface area contributed by atoms with Gasteiger partial charge in [-0.15, -0.1) is 0 Å². The van der Waals surface area contributed by atoms with E-state index in [-0.39, 0.29) is 0 Å². The van der Waals surface area contributed by atoms with Crippen LogP contribution in [0.2, 0.25) is 0 Å². The SMILES string of the molecule is NNc1nccc(-c2ccsc2)n1. The summed E-state index contributed by atoms with van der Waals surface area (Å²) in [6.07, 6.45) is 1.68. The van der Waals surface area contributed by atoms with Crippen LogP contribution in [0.5, 0.6) is 0 Å². The maximum absolute atomic E-state index is 5.20. The third-order valence-electron chi connectivity index (χ3n) is 1.60. The van der Waals surface area contributed by atoms with Crippen LogP contribution in [0.25, 0.3) is 11.3 Å². The van der Waals surface area contributed by atoms with Crippen molar-refractivity contribution in [2.75, 3.05) is 5.43 Å². The van der Waals surface area contributed by atoms with E-state index in [0.717, 1.165) is 11.3 Å². The molecular formula is C8H8N4S. The largest absolute Gasteiger partial charge is 0.292 e. The Morgan fingerprint density at radius 3 is 3.00 bits per heavy atom. The van der Waals surface area contributed by atoms with Gasteiger partial charge >= 0.3 is 0 Å². The van der Waals surface area contributed by atoms with E-state index in [4.69, 9.17) is 5.84 Å². The molecule has 0 bridgehead atoms. The number of nitrogens with two attached hydrogens (primary N) is 1. The molecule has 0 atom stereocenters. The minimum Gasteiger partial charge on any atom is -0.292 e. The highest BCUT2D eigenvalue weighted by Crippen LogP contribution is 2.19. The maximum Gasteiger partial charge on any atom is 0.237 e. The van der Waals surface area contributed by atoms with Crippen LogP contribution in [-0.2, 0) is 0 Å². The fourth-order valence-electron chi connectivity index (χ4n) is 0.999. The van der Waals surface area contributed by atoms with Gasteiger partial charge in [-0.05, 0) is 17.5 Å². The molecule has 0 spiro atoms. The second-order valence-corrected chi connectivity index (χ2v) is 3.20. The van der Waals surface area contributed by atoms with E-state index in [1.807, 2.05) is 22.9 Å². The molecule has 0 radical (unpaired) electrons. The number of thiophene rings is 1. The van der Waals surface area contributed by atoms with Crippen molar-refractivity contribution < 1.29 is 0 Å². The third kappa shape index (κ3) is 1.66. The molecule has 2 aromatic rings. The fourth-order valence-corrected chi connectivity index (χ4v) is 1.65. The maximum atomic E-state index is 5.20. The molecule has 2 rings (SSSR count). The van der Waals surface area contributed by atoms with Crippen molar-refractivity contribution in [1.82, 2.24) is 9.97 Å². The van der Waals surface area contributed by atoms with Gasteiger partial charge in [0.15, 0.2) is 0 Å². The average molecular weight is 192 g/mol. The zero-order valence-electron chi connectivity index (χ0n) is 6.77. The predicted octanol–water partition coefficient (Wildman–Crippen LogP) is 1.49. The van der Waals surface area contributed by atoms with Crippen LogP contribution in [0.3, 0.4) is 0 Å². The van der Waals surface area contributed by atoms with E-state index in [2.05, 4.69) is 15.4 Å². The van der Waals surface area contributed by atoms with Crippen LogP contribution in [-0.4, -0.2) is 9.97 Å². The molecule has 0 aliphatic heterocycles. The molecule has 0 aliphatic carbocycles. The van der Waals surface area contributed by atoms with Crippen molar-refractivity contribution in [3.63, 3.8) is 0 Å². The second kappa shape index (κ2) is 3.51. The van der Waals surface area contributed by atoms with Gasteiger partial charge in [0.25, 0.3) is 0 Å². The Bertz CT molecular complexity index is 385. The van der Waals surface area contributed by atoms with Crippen LogP contribution in [0.15, 0.2) is 29.1 Å². The molecule has 66 valence electrons. The molecule has 5 heteroatoms. The molecule has 2 aromatic heterocycles. The molecular weight excluding hydrogens is 184 g/mol. The lowest BCUT2D eigenvalue weighted by atomic mass is 10.2. The summed E-state index contributed by atoms with van der Waals surface area (Å²) in [6.45, 7) is 0.